The lowest BCUT2D eigenvalue weighted by Crippen LogP contribution is -2.44. The first-order valence-corrected chi connectivity index (χ1v) is 8.47. The van der Waals surface area contributed by atoms with Gasteiger partial charge < -0.3 is 20.7 Å². The molecule has 1 unspecified atom stereocenters. The maximum Gasteiger partial charge on any atom is 0.226 e. The first kappa shape index (κ1) is 20.9. The summed E-state index contributed by atoms with van der Waals surface area (Å²) in [4.78, 5) is 23.7. The Morgan fingerprint density at radius 2 is 2.17 bits per heavy atom. The minimum absolute atomic E-state index is 0. The van der Waals surface area contributed by atoms with Crippen molar-refractivity contribution in [2.45, 2.75) is 25.8 Å². The van der Waals surface area contributed by atoms with Gasteiger partial charge in [0, 0.05) is 42.1 Å². The van der Waals surface area contributed by atoms with Crippen molar-refractivity contribution in [1.82, 2.24) is 10.6 Å². The zero-order valence-corrected chi connectivity index (χ0v) is 16.0. The monoisotopic (exact) mass is 419 g/mol. The van der Waals surface area contributed by atoms with Crippen LogP contribution in [0.5, 0.6) is 0 Å². The van der Waals surface area contributed by atoms with Gasteiger partial charge in [0.15, 0.2) is 0 Å². The highest BCUT2D eigenvalue weighted by Crippen LogP contribution is 2.20. The summed E-state index contributed by atoms with van der Waals surface area (Å²) in [6.45, 7) is 4.27. The molecular formula is C16H23BrClN3O3. The summed E-state index contributed by atoms with van der Waals surface area (Å²) in [5.41, 5.74) is 1.77. The van der Waals surface area contributed by atoms with Crippen LogP contribution in [0.1, 0.15) is 18.4 Å². The summed E-state index contributed by atoms with van der Waals surface area (Å²) >= 11 is 3.39. The van der Waals surface area contributed by atoms with Crippen LogP contribution in [0.4, 0.5) is 5.69 Å². The van der Waals surface area contributed by atoms with Crippen LogP contribution in [0.3, 0.4) is 0 Å². The second-order valence-electron chi connectivity index (χ2n) is 5.54. The number of morpholine rings is 1. The quantitative estimate of drug-likeness (QED) is 0.658. The Bertz CT molecular complexity index is 565. The molecule has 1 aliphatic rings. The normalized spacial score (nSPS) is 16.8. The van der Waals surface area contributed by atoms with Crippen molar-refractivity contribution in [3.8, 4) is 0 Å². The zero-order chi connectivity index (χ0) is 16.7. The molecule has 0 spiro atoms. The van der Waals surface area contributed by atoms with E-state index >= 15 is 0 Å². The molecule has 134 valence electrons. The maximum absolute atomic E-state index is 11.9. The Labute approximate surface area is 156 Å². The lowest BCUT2D eigenvalue weighted by molar-refractivity contribution is -0.122. The number of carbonyl (C=O) groups is 2. The van der Waals surface area contributed by atoms with E-state index in [1.165, 1.54) is 0 Å². The molecule has 0 saturated carbocycles. The van der Waals surface area contributed by atoms with E-state index in [4.69, 9.17) is 4.74 Å². The summed E-state index contributed by atoms with van der Waals surface area (Å²) in [6.07, 6.45) is 0.614. The second-order valence-corrected chi connectivity index (χ2v) is 6.45. The van der Waals surface area contributed by atoms with Gasteiger partial charge in [0.1, 0.15) is 0 Å². The first-order valence-electron chi connectivity index (χ1n) is 7.68. The van der Waals surface area contributed by atoms with E-state index < -0.39 is 0 Å². The molecule has 1 aromatic carbocycles. The number of carbonyl (C=O) groups excluding carboxylic acids is 2. The predicted octanol–water partition coefficient (Wildman–Crippen LogP) is 2.00. The summed E-state index contributed by atoms with van der Waals surface area (Å²) < 4.78 is 6.27. The van der Waals surface area contributed by atoms with Crippen LogP contribution >= 0.6 is 28.3 Å². The topological polar surface area (TPSA) is 79.5 Å². The summed E-state index contributed by atoms with van der Waals surface area (Å²) in [7, 11) is 0. The molecule has 3 N–H and O–H groups in total. The molecule has 1 heterocycles. The Balaban J connectivity index is 0.00000288. The van der Waals surface area contributed by atoms with E-state index in [0.717, 1.165) is 22.3 Å². The molecule has 0 radical (unpaired) electrons. The van der Waals surface area contributed by atoms with E-state index in [1.807, 2.05) is 25.1 Å². The number of aryl methyl sites for hydroxylation is 1. The van der Waals surface area contributed by atoms with Gasteiger partial charge in [0.25, 0.3) is 0 Å². The third-order valence-electron chi connectivity index (χ3n) is 3.57. The zero-order valence-electron chi connectivity index (χ0n) is 13.6. The smallest absolute Gasteiger partial charge is 0.226 e. The Morgan fingerprint density at radius 3 is 2.83 bits per heavy atom. The molecule has 6 nitrogen and oxygen atoms in total. The van der Waals surface area contributed by atoms with Gasteiger partial charge in [-0.25, -0.2) is 0 Å². The van der Waals surface area contributed by atoms with E-state index in [9.17, 15) is 9.59 Å². The van der Waals surface area contributed by atoms with Gasteiger partial charge in [-0.05, 0) is 30.7 Å². The van der Waals surface area contributed by atoms with Gasteiger partial charge in [-0.2, -0.15) is 0 Å². The van der Waals surface area contributed by atoms with Gasteiger partial charge in [-0.15, -0.1) is 12.4 Å². The van der Waals surface area contributed by atoms with Crippen LogP contribution < -0.4 is 16.0 Å². The van der Waals surface area contributed by atoms with Crippen molar-refractivity contribution in [2.24, 2.45) is 0 Å². The van der Waals surface area contributed by atoms with Gasteiger partial charge in [0.05, 0.1) is 13.2 Å². The fraction of sp³-hybridized carbons (Fsp3) is 0.500. The van der Waals surface area contributed by atoms with Crippen LogP contribution in [0.15, 0.2) is 22.7 Å². The highest BCUT2D eigenvalue weighted by atomic mass is 79.9. The van der Waals surface area contributed by atoms with E-state index in [0.29, 0.717) is 26.2 Å². The number of anilines is 1. The highest BCUT2D eigenvalue weighted by Gasteiger charge is 2.16. The van der Waals surface area contributed by atoms with Gasteiger partial charge >= 0.3 is 0 Å². The number of halogens is 2. The molecule has 1 aromatic rings. The number of amides is 2. The molecule has 0 aliphatic carbocycles. The lowest BCUT2D eigenvalue weighted by Gasteiger charge is -2.23. The van der Waals surface area contributed by atoms with Crippen molar-refractivity contribution in [2.75, 3.05) is 31.6 Å². The molecule has 2 amide bonds. The third kappa shape index (κ3) is 7.17. The molecule has 1 fully saturated rings. The molecule has 0 aromatic heterocycles. The van der Waals surface area contributed by atoms with E-state index in [-0.39, 0.29) is 36.7 Å². The molecular weight excluding hydrogens is 398 g/mol. The second kappa shape index (κ2) is 10.7. The summed E-state index contributed by atoms with van der Waals surface area (Å²) in [5, 5.41) is 8.84. The minimum Gasteiger partial charge on any atom is -0.378 e. The van der Waals surface area contributed by atoms with Crippen LogP contribution in [0, 0.1) is 6.92 Å². The standard InChI is InChI=1S/C16H22BrN3O3.ClH/c1-11-8-12(17)2-3-14(11)20-15(21)4-5-19-16(22)9-13-10-23-7-6-18-13;/h2-3,8,13,18H,4-7,9-10H2,1H3,(H,19,22)(H,20,21);1H. The van der Waals surface area contributed by atoms with Crippen molar-refractivity contribution < 1.29 is 14.3 Å². The molecule has 1 aliphatic heterocycles. The van der Waals surface area contributed by atoms with Crippen molar-refractivity contribution in [3.05, 3.63) is 28.2 Å². The average Bonchev–Trinajstić information content (AvgIpc) is 2.51. The first-order chi connectivity index (χ1) is 11.0. The molecule has 2 rings (SSSR count). The average molecular weight is 421 g/mol. The molecule has 8 heteroatoms. The number of rotatable bonds is 6. The van der Waals surface area contributed by atoms with Crippen molar-refractivity contribution in [3.63, 3.8) is 0 Å². The van der Waals surface area contributed by atoms with Crippen LogP contribution in [-0.4, -0.2) is 44.2 Å². The van der Waals surface area contributed by atoms with E-state index in [1.54, 1.807) is 0 Å². The number of ether oxygens (including phenoxy) is 1. The SMILES string of the molecule is Cc1cc(Br)ccc1NC(=O)CCNC(=O)CC1COCCN1.Cl. The third-order valence-corrected chi connectivity index (χ3v) is 4.06. The van der Waals surface area contributed by atoms with Crippen molar-refractivity contribution >= 4 is 45.8 Å². The van der Waals surface area contributed by atoms with Crippen LogP contribution in [0.25, 0.3) is 0 Å². The Hall–Kier alpha value is -1.15. The molecule has 1 saturated heterocycles. The summed E-state index contributed by atoms with van der Waals surface area (Å²) in [5.74, 6) is -0.185. The number of hydrogen-bond acceptors (Lipinski definition) is 4. The Kier molecular flexibility index (Phi) is 9.28. The Morgan fingerprint density at radius 1 is 1.38 bits per heavy atom. The van der Waals surface area contributed by atoms with Crippen LogP contribution in [0.2, 0.25) is 0 Å². The predicted molar refractivity (Wildman–Crippen MR) is 99.6 cm³/mol. The largest absolute Gasteiger partial charge is 0.378 e. The summed E-state index contributed by atoms with van der Waals surface area (Å²) in [6, 6.07) is 5.73. The van der Waals surface area contributed by atoms with Gasteiger partial charge in [0.2, 0.25) is 11.8 Å². The van der Waals surface area contributed by atoms with Crippen LogP contribution in [-0.2, 0) is 14.3 Å². The maximum atomic E-state index is 11.9. The number of hydrogen-bond donors (Lipinski definition) is 3. The fourth-order valence-electron chi connectivity index (χ4n) is 2.34. The highest BCUT2D eigenvalue weighted by molar-refractivity contribution is 9.10. The van der Waals surface area contributed by atoms with Gasteiger partial charge in [-0.3, -0.25) is 9.59 Å². The number of benzene rings is 1. The fourth-order valence-corrected chi connectivity index (χ4v) is 2.82. The van der Waals surface area contributed by atoms with E-state index in [2.05, 4.69) is 31.9 Å². The molecule has 0 bridgehead atoms. The molecule has 24 heavy (non-hydrogen) atoms. The minimum atomic E-state index is -0.116. The molecule has 1 atom stereocenters. The van der Waals surface area contributed by atoms with Gasteiger partial charge in [-0.1, -0.05) is 15.9 Å². The number of nitrogens with one attached hydrogen (secondary N) is 3. The van der Waals surface area contributed by atoms with Crippen molar-refractivity contribution in [1.29, 1.82) is 0 Å². The lowest BCUT2D eigenvalue weighted by atomic mass is 10.2.